The number of hydrogen-bond acceptors (Lipinski definition) is 4. The highest BCUT2D eigenvalue weighted by molar-refractivity contribution is 9.10. The minimum Gasteiger partial charge on any atom is -0.294 e. The van der Waals surface area contributed by atoms with Crippen molar-refractivity contribution < 1.29 is 0 Å². The van der Waals surface area contributed by atoms with Crippen LogP contribution in [0.4, 0.5) is 0 Å². The summed E-state index contributed by atoms with van der Waals surface area (Å²) in [7, 11) is 0. The molecule has 7 rings (SSSR count). The van der Waals surface area contributed by atoms with E-state index in [0.717, 1.165) is 60.6 Å². The molecule has 0 saturated heterocycles. The molecule has 0 bridgehead atoms. The molecule has 180 valence electrons. The van der Waals surface area contributed by atoms with Crippen molar-refractivity contribution in [3.05, 3.63) is 126 Å². The maximum Gasteiger partial charge on any atom is 0.145 e. The molecular formula is C32H20BrN5. The van der Waals surface area contributed by atoms with Crippen LogP contribution in [0.2, 0.25) is 0 Å². The van der Waals surface area contributed by atoms with Crippen LogP contribution in [0.25, 0.3) is 61.5 Å². The Bertz CT molecular complexity index is 1870. The van der Waals surface area contributed by atoms with Gasteiger partial charge in [0.1, 0.15) is 5.65 Å². The van der Waals surface area contributed by atoms with E-state index in [1.165, 1.54) is 5.39 Å². The van der Waals surface area contributed by atoms with E-state index in [0.29, 0.717) is 0 Å². The standard InChI is InChI=1S/C32H20BrN5/c33-23-12-13-25-26-9-6-16-36-32(26)38(31(25)20-23)24-8-5-7-21(17-24)22-18-29(27-10-1-3-14-34-27)37-30(19-22)28-11-2-4-15-35-28/h1-20H. The molecular weight excluding hydrogens is 534 g/mol. The Morgan fingerprint density at radius 2 is 1.26 bits per heavy atom. The molecule has 0 saturated carbocycles. The molecule has 7 aromatic rings. The number of hydrogen-bond donors (Lipinski definition) is 0. The molecule has 0 amide bonds. The van der Waals surface area contributed by atoms with Crippen LogP contribution in [-0.2, 0) is 0 Å². The molecule has 0 atom stereocenters. The fourth-order valence-electron chi connectivity index (χ4n) is 4.89. The largest absolute Gasteiger partial charge is 0.294 e. The van der Waals surface area contributed by atoms with Gasteiger partial charge in [-0.15, -0.1) is 0 Å². The highest BCUT2D eigenvalue weighted by Gasteiger charge is 2.15. The first-order valence-corrected chi connectivity index (χ1v) is 13.0. The van der Waals surface area contributed by atoms with Crippen LogP contribution in [0.3, 0.4) is 0 Å². The zero-order valence-electron chi connectivity index (χ0n) is 20.2. The van der Waals surface area contributed by atoms with Crippen molar-refractivity contribution in [3.63, 3.8) is 0 Å². The summed E-state index contributed by atoms with van der Waals surface area (Å²) in [5.41, 5.74) is 8.42. The van der Waals surface area contributed by atoms with Gasteiger partial charge >= 0.3 is 0 Å². The molecule has 38 heavy (non-hydrogen) atoms. The molecule has 0 radical (unpaired) electrons. The predicted molar refractivity (Wildman–Crippen MR) is 156 cm³/mol. The van der Waals surface area contributed by atoms with Crippen LogP contribution < -0.4 is 0 Å². The fraction of sp³-hybridized carbons (Fsp3) is 0. The third kappa shape index (κ3) is 3.96. The van der Waals surface area contributed by atoms with Crippen molar-refractivity contribution in [2.24, 2.45) is 0 Å². The molecule has 0 aliphatic carbocycles. The van der Waals surface area contributed by atoms with Crippen molar-refractivity contribution in [2.45, 2.75) is 0 Å². The van der Waals surface area contributed by atoms with E-state index >= 15 is 0 Å². The average molecular weight is 554 g/mol. The highest BCUT2D eigenvalue weighted by Crippen LogP contribution is 2.35. The maximum absolute atomic E-state index is 4.92. The Hall–Kier alpha value is -4.68. The Balaban J connectivity index is 1.44. The second-order valence-corrected chi connectivity index (χ2v) is 9.89. The summed E-state index contributed by atoms with van der Waals surface area (Å²) in [5.74, 6) is 0. The number of nitrogens with zero attached hydrogens (tertiary/aromatic N) is 5. The first kappa shape index (κ1) is 22.5. The fourth-order valence-corrected chi connectivity index (χ4v) is 5.24. The van der Waals surface area contributed by atoms with Gasteiger partial charge < -0.3 is 0 Å². The molecule has 0 fully saturated rings. The third-order valence-corrected chi connectivity index (χ3v) is 7.10. The van der Waals surface area contributed by atoms with Gasteiger partial charge in [-0.25, -0.2) is 9.97 Å². The number of aromatic nitrogens is 5. The molecule has 6 heteroatoms. The lowest BCUT2D eigenvalue weighted by Gasteiger charge is -2.12. The normalized spacial score (nSPS) is 11.3. The van der Waals surface area contributed by atoms with Gasteiger partial charge in [-0.3, -0.25) is 14.5 Å². The van der Waals surface area contributed by atoms with Crippen molar-refractivity contribution in [1.29, 1.82) is 0 Å². The summed E-state index contributed by atoms with van der Waals surface area (Å²) in [5, 5.41) is 2.29. The van der Waals surface area contributed by atoms with E-state index in [1.807, 2.05) is 48.7 Å². The molecule has 0 unspecified atom stereocenters. The monoisotopic (exact) mass is 553 g/mol. The summed E-state index contributed by atoms with van der Waals surface area (Å²) >= 11 is 3.66. The molecule has 0 aliphatic heterocycles. The highest BCUT2D eigenvalue weighted by atomic mass is 79.9. The molecule has 0 aliphatic rings. The van der Waals surface area contributed by atoms with Gasteiger partial charge in [-0.05, 0) is 83.9 Å². The Labute approximate surface area is 227 Å². The van der Waals surface area contributed by atoms with Crippen LogP contribution in [0.1, 0.15) is 0 Å². The van der Waals surface area contributed by atoms with E-state index in [2.05, 4.69) is 91.1 Å². The zero-order valence-corrected chi connectivity index (χ0v) is 21.7. The first-order chi connectivity index (χ1) is 18.7. The van der Waals surface area contributed by atoms with Crippen molar-refractivity contribution in [2.75, 3.05) is 0 Å². The van der Waals surface area contributed by atoms with E-state index < -0.39 is 0 Å². The molecule has 0 spiro atoms. The molecule has 2 aromatic carbocycles. The smallest absolute Gasteiger partial charge is 0.145 e. The number of pyridine rings is 4. The summed E-state index contributed by atoms with van der Waals surface area (Å²) in [6.45, 7) is 0. The van der Waals surface area contributed by atoms with Gasteiger partial charge in [0.25, 0.3) is 0 Å². The quantitative estimate of drug-likeness (QED) is 0.221. The van der Waals surface area contributed by atoms with Gasteiger partial charge in [-0.2, -0.15) is 0 Å². The molecule has 5 nitrogen and oxygen atoms in total. The van der Waals surface area contributed by atoms with Crippen LogP contribution in [0, 0.1) is 0 Å². The summed E-state index contributed by atoms with van der Waals surface area (Å²) in [6, 6.07) is 34.9. The summed E-state index contributed by atoms with van der Waals surface area (Å²) in [6.07, 6.45) is 5.42. The maximum atomic E-state index is 4.92. The zero-order chi connectivity index (χ0) is 25.5. The Kier molecular flexibility index (Phi) is 5.52. The number of halogens is 1. The number of benzene rings is 2. The van der Waals surface area contributed by atoms with Gasteiger partial charge in [0.15, 0.2) is 0 Å². The summed E-state index contributed by atoms with van der Waals surface area (Å²) in [4.78, 5) is 18.8. The topological polar surface area (TPSA) is 56.5 Å². The Morgan fingerprint density at radius 3 is 1.97 bits per heavy atom. The molecule has 5 heterocycles. The first-order valence-electron chi connectivity index (χ1n) is 12.2. The molecule has 0 N–H and O–H groups in total. The van der Waals surface area contributed by atoms with E-state index in [-0.39, 0.29) is 0 Å². The minimum absolute atomic E-state index is 0.802. The van der Waals surface area contributed by atoms with Crippen molar-refractivity contribution in [1.82, 2.24) is 24.5 Å². The van der Waals surface area contributed by atoms with Crippen molar-refractivity contribution in [3.8, 4) is 39.6 Å². The lowest BCUT2D eigenvalue weighted by molar-refractivity contribution is 1.13. The third-order valence-electron chi connectivity index (χ3n) is 6.61. The summed E-state index contributed by atoms with van der Waals surface area (Å²) < 4.78 is 3.25. The van der Waals surface area contributed by atoms with E-state index in [4.69, 9.17) is 9.97 Å². The second-order valence-electron chi connectivity index (χ2n) is 8.98. The lowest BCUT2D eigenvalue weighted by atomic mass is 10.0. The van der Waals surface area contributed by atoms with Gasteiger partial charge in [0.05, 0.1) is 28.3 Å². The van der Waals surface area contributed by atoms with Crippen LogP contribution in [0.15, 0.2) is 126 Å². The van der Waals surface area contributed by atoms with Gasteiger partial charge in [-0.1, -0.05) is 46.3 Å². The van der Waals surface area contributed by atoms with Crippen LogP contribution in [-0.4, -0.2) is 24.5 Å². The van der Waals surface area contributed by atoms with Crippen LogP contribution >= 0.6 is 15.9 Å². The predicted octanol–water partition coefficient (Wildman–Crippen LogP) is 8.13. The lowest BCUT2D eigenvalue weighted by Crippen LogP contribution is -1.97. The minimum atomic E-state index is 0.802. The number of rotatable bonds is 4. The van der Waals surface area contributed by atoms with E-state index in [1.54, 1.807) is 12.4 Å². The second kappa shape index (κ2) is 9.32. The molecule has 5 aromatic heterocycles. The average Bonchev–Trinajstić information content (AvgIpc) is 3.31. The van der Waals surface area contributed by atoms with Crippen LogP contribution in [0.5, 0.6) is 0 Å². The Morgan fingerprint density at radius 1 is 0.526 bits per heavy atom. The SMILES string of the molecule is Brc1ccc2c3cccnc3n(-c3cccc(-c4cc(-c5ccccn5)nc(-c5ccccn5)c4)c3)c2c1. The van der Waals surface area contributed by atoms with Gasteiger partial charge in [0, 0.05) is 39.5 Å². The number of fused-ring (bicyclic) bond motifs is 3. The van der Waals surface area contributed by atoms with Crippen molar-refractivity contribution >= 4 is 37.9 Å². The van der Waals surface area contributed by atoms with Gasteiger partial charge in [0.2, 0.25) is 0 Å². The van der Waals surface area contributed by atoms with E-state index in [9.17, 15) is 0 Å².